The molecule has 0 saturated carbocycles. The van der Waals surface area contributed by atoms with Crippen molar-refractivity contribution in [2.45, 2.75) is 31.8 Å². The van der Waals surface area contributed by atoms with E-state index in [2.05, 4.69) is 15.6 Å². The third kappa shape index (κ3) is 10.3. The number of hydrogen-bond acceptors (Lipinski definition) is 5. The second-order valence-corrected chi connectivity index (χ2v) is 6.37. The van der Waals surface area contributed by atoms with Crippen molar-refractivity contribution < 1.29 is 18.9 Å². The van der Waals surface area contributed by atoms with Crippen LogP contribution in [0.1, 0.15) is 25.7 Å². The number of ether oxygens (including phenoxy) is 4. The van der Waals surface area contributed by atoms with E-state index in [1.807, 2.05) is 24.3 Å². The molecule has 28 heavy (non-hydrogen) atoms. The van der Waals surface area contributed by atoms with Gasteiger partial charge in [0.25, 0.3) is 0 Å². The summed E-state index contributed by atoms with van der Waals surface area (Å²) in [7, 11) is 3.43. The van der Waals surface area contributed by atoms with Crippen LogP contribution < -0.4 is 20.1 Å². The summed E-state index contributed by atoms with van der Waals surface area (Å²) < 4.78 is 22.0. The molecule has 7 nitrogen and oxygen atoms in total. The van der Waals surface area contributed by atoms with Crippen molar-refractivity contribution in [3.63, 3.8) is 0 Å². The Balaban J connectivity index is 0.00000392. The summed E-state index contributed by atoms with van der Waals surface area (Å²) in [5, 5.41) is 6.58. The maximum Gasteiger partial charge on any atom is 0.190 e. The lowest BCUT2D eigenvalue weighted by Crippen LogP contribution is -2.38. The van der Waals surface area contributed by atoms with E-state index in [9.17, 15) is 0 Å². The highest BCUT2D eigenvalue weighted by Gasteiger charge is 2.14. The Labute approximate surface area is 185 Å². The molecule has 0 radical (unpaired) electrons. The number of halogens is 1. The molecule has 0 aromatic heterocycles. The van der Waals surface area contributed by atoms with Gasteiger partial charge in [0.05, 0.1) is 26.4 Å². The van der Waals surface area contributed by atoms with Gasteiger partial charge in [-0.3, -0.25) is 4.99 Å². The molecule has 0 aliphatic carbocycles. The zero-order valence-corrected chi connectivity index (χ0v) is 19.3. The van der Waals surface area contributed by atoms with Gasteiger partial charge in [0.15, 0.2) is 5.96 Å². The van der Waals surface area contributed by atoms with Gasteiger partial charge in [-0.05, 0) is 49.9 Å². The van der Waals surface area contributed by atoms with Gasteiger partial charge in [0, 0.05) is 33.4 Å². The first-order chi connectivity index (χ1) is 13.3. The van der Waals surface area contributed by atoms with Crippen molar-refractivity contribution in [2.24, 2.45) is 4.99 Å². The summed E-state index contributed by atoms with van der Waals surface area (Å²) in [6, 6.07) is 7.61. The van der Waals surface area contributed by atoms with Gasteiger partial charge in [-0.1, -0.05) is 0 Å². The molecular weight excluding hydrogens is 473 g/mol. The summed E-state index contributed by atoms with van der Waals surface area (Å²) in [6.45, 7) is 4.59. The third-order valence-electron chi connectivity index (χ3n) is 4.25. The summed E-state index contributed by atoms with van der Waals surface area (Å²) in [5.41, 5.74) is 0. The Morgan fingerprint density at radius 1 is 1.11 bits per heavy atom. The second-order valence-electron chi connectivity index (χ2n) is 6.37. The molecular formula is C20H34IN3O4. The fraction of sp³-hybridized carbons (Fsp3) is 0.650. The van der Waals surface area contributed by atoms with Crippen LogP contribution in [0.4, 0.5) is 0 Å². The van der Waals surface area contributed by atoms with Gasteiger partial charge in [0.1, 0.15) is 11.5 Å². The number of rotatable bonds is 12. The largest absolute Gasteiger partial charge is 0.497 e. The summed E-state index contributed by atoms with van der Waals surface area (Å²) in [4.78, 5) is 4.22. The van der Waals surface area contributed by atoms with Crippen molar-refractivity contribution in [1.82, 2.24) is 10.6 Å². The highest BCUT2D eigenvalue weighted by atomic mass is 127. The number of aliphatic imine (C=N–C) groups is 1. The van der Waals surface area contributed by atoms with Crippen LogP contribution >= 0.6 is 24.0 Å². The van der Waals surface area contributed by atoms with Crippen LogP contribution in [0.15, 0.2) is 29.3 Å². The van der Waals surface area contributed by atoms with Gasteiger partial charge in [0.2, 0.25) is 0 Å². The number of benzene rings is 1. The first-order valence-electron chi connectivity index (χ1n) is 9.72. The van der Waals surface area contributed by atoms with E-state index in [1.165, 1.54) is 0 Å². The van der Waals surface area contributed by atoms with Crippen LogP contribution in [0.3, 0.4) is 0 Å². The lowest BCUT2D eigenvalue weighted by molar-refractivity contribution is 0.0168. The molecule has 160 valence electrons. The van der Waals surface area contributed by atoms with E-state index in [0.717, 1.165) is 69.4 Å². The Hall–Kier alpha value is -1.26. The highest BCUT2D eigenvalue weighted by Crippen LogP contribution is 2.16. The lowest BCUT2D eigenvalue weighted by atomic mass is 10.2. The molecule has 2 rings (SSSR count). The average Bonchev–Trinajstić information content (AvgIpc) is 3.22. The number of nitrogens with zero attached hydrogens (tertiary/aromatic N) is 1. The standard InChI is InChI=1S/C20H33N3O4.HI/c1-21-20(22-11-4-13-25-16-19-6-3-14-27-19)23-12-5-15-26-18-9-7-17(24-2)8-10-18;/h7-10,19H,3-6,11-16H2,1-2H3,(H2,21,22,23);1H. The van der Waals surface area contributed by atoms with E-state index >= 15 is 0 Å². The maximum absolute atomic E-state index is 5.71. The average molecular weight is 507 g/mol. The SMILES string of the molecule is CN=C(NCCCOCC1CCCO1)NCCCOc1ccc(OC)cc1.I. The minimum Gasteiger partial charge on any atom is -0.497 e. The van der Waals surface area contributed by atoms with Gasteiger partial charge in [-0.25, -0.2) is 0 Å². The Bertz CT molecular complexity index is 537. The van der Waals surface area contributed by atoms with Crippen LogP contribution in [-0.4, -0.2) is 65.7 Å². The molecule has 0 spiro atoms. The van der Waals surface area contributed by atoms with Gasteiger partial charge in [-0.2, -0.15) is 0 Å². The van der Waals surface area contributed by atoms with E-state index in [-0.39, 0.29) is 24.0 Å². The van der Waals surface area contributed by atoms with Crippen LogP contribution in [0.25, 0.3) is 0 Å². The molecule has 1 aromatic rings. The molecule has 1 aliphatic rings. The molecule has 1 heterocycles. The van der Waals surface area contributed by atoms with E-state index in [1.54, 1.807) is 14.2 Å². The molecule has 1 saturated heterocycles. The van der Waals surface area contributed by atoms with Crippen LogP contribution in [-0.2, 0) is 9.47 Å². The minimum absolute atomic E-state index is 0. The van der Waals surface area contributed by atoms with Gasteiger partial charge >= 0.3 is 0 Å². The molecule has 1 unspecified atom stereocenters. The maximum atomic E-state index is 5.71. The Morgan fingerprint density at radius 3 is 2.39 bits per heavy atom. The van der Waals surface area contributed by atoms with Crippen molar-refractivity contribution >= 4 is 29.9 Å². The first-order valence-corrected chi connectivity index (χ1v) is 9.72. The molecule has 0 bridgehead atoms. The molecule has 8 heteroatoms. The molecule has 1 fully saturated rings. The Kier molecular flexibility index (Phi) is 13.8. The van der Waals surface area contributed by atoms with Gasteiger partial charge in [-0.15, -0.1) is 24.0 Å². The molecule has 0 amide bonds. The highest BCUT2D eigenvalue weighted by molar-refractivity contribution is 14.0. The fourth-order valence-corrected chi connectivity index (χ4v) is 2.73. The zero-order valence-electron chi connectivity index (χ0n) is 16.9. The smallest absolute Gasteiger partial charge is 0.190 e. The van der Waals surface area contributed by atoms with Gasteiger partial charge < -0.3 is 29.6 Å². The summed E-state index contributed by atoms with van der Waals surface area (Å²) in [6.07, 6.45) is 4.40. The topological polar surface area (TPSA) is 73.3 Å². The van der Waals surface area contributed by atoms with Crippen LogP contribution in [0.2, 0.25) is 0 Å². The normalized spacial score (nSPS) is 16.4. The second kappa shape index (κ2) is 15.6. The van der Waals surface area contributed by atoms with Crippen LogP contribution in [0.5, 0.6) is 11.5 Å². The van der Waals surface area contributed by atoms with Crippen molar-refractivity contribution in [1.29, 1.82) is 0 Å². The first kappa shape index (κ1) is 24.8. The monoisotopic (exact) mass is 507 g/mol. The zero-order chi connectivity index (χ0) is 19.2. The fourth-order valence-electron chi connectivity index (χ4n) is 2.73. The van der Waals surface area contributed by atoms with Crippen LogP contribution in [0, 0.1) is 0 Å². The quantitative estimate of drug-likeness (QED) is 0.196. The number of guanidine groups is 1. The molecule has 1 aliphatic heterocycles. The molecule has 1 atom stereocenters. The minimum atomic E-state index is 0. The lowest BCUT2D eigenvalue weighted by Gasteiger charge is -2.13. The predicted molar refractivity (Wildman–Crippen MR) is 122 cm³/mol. The van der Waals surface area contributed by atoms with E-state index in [0.29, 0.717) is 19.3 Å². The van der Waals surface area contributed by atoms with E-state index < -0.39 is 0 Å². The number of hydrogen-bond donors (Lipinski definition) is 2. The molecule has 2 N–H and O–H groups in total. The number of nitrogens with one attached hydrogen (secondary N) is 2. The Morgan fingerprint density at radius 2 is 1.79 bits per heavy atom. The van der Waals surface area contributed by atoms with Crippen molar-refractivity contribution in [2.75, 3.05) is 53.7 Å². The van der Waals surface area contributed by atoms with Crippen molar-refractivity contribution in [3.8, 4) is 11.5 Å². The third-order valence-corrected chi connectivity index (χ3v) is 4.25. The summed E-state index contributed by atoms with van der Waals surface area (Å²) in [5.74, 6) is 2.48. The van der Waals surface area contributed by atoms with Crippen molar-refractivity contribution in [3.05, 3.63) is 24.3 Å². The molecule has 1 aromatic carbocycles. The predicted octanol–water partition coefficient (Wildman–Crippen LogP) is 2.83. The number of methoxy groups -OCH3 is 1. The van der Waals surface area contributed by atoms with E-state index in [4.69, 9.17) is 18.9 Å². The summed E-state index contributed by atoms with van der Waals surface area (Å²) >= 11 is 0.